The molecule has 0 spiro atoms. The van der Waals surface area contributed by atoms with E-state index in [0.717, 1.165) is 11.8 Å². The number of hydrogen-bond donors (Lipinski definition) is 2. The molecular formula is C9H12BBrO3. The summed E-state index contributed by atoms with van der Waals surface area (Å²) in [4.78, 5) is 0. The molecule has 0 aliphatic heterocycles. The normalized spacial score (nSPS) is 9.93. The van der Waals surface area contributed by atoms with Gasteiger partial charge >= 0.3 is 7.12 Å². The second-order valence-electron chi connectivity index (χ2n) is 2.80. The highest BCUT2D eigenvalue weighted by Crippen LogP contribution is 2.07. The minimum absolute atomic E-state index is 0.405. The Kier molecular flexibility index (Phi) is 5.00. The van der Waals surface area contributed by atoms with Crippen molar-refractivity contribution in [3.63, 3.8) is 0 Å². The van der Waals surface area contributed by atoms with E-state index in [1.807, 2.05) is 0 Å². The summed E-state index contributed by atoms with van der Waals surface area (Å²) in [6, 6.07) is 6.90. The van der Waals surface area contributed by atoms with Gasteiger partial charge < -0.3 is 14.8 Å². The Morgan fingerprint density at radius 3 is 2.64 bits per heavy atom. The Hall–Kier alpha value is -0.515. The molecule has 5 heteroatoms. The van der Waals surface area contributed by atoms with Crippen molar-refractivity contribution in [2.75, 3.05) is 11.9 Å². The fourth-order valence-electron chi connectivity index (χ4n) is 1.06. The Balaban J connectivity index is 2.64. The average Bonchev–Trinajstić information content (AvgIpc) is 2.19. The number of ether oxygens (including phenoxy) is 1. The molecule has 0 bridgehead atoms. The standard InChI is InChI=1S/C9H12BBrO3/c11-6-3-7-14-9-5-2-1-4-8(9)10(12)13/h1-2,4-5,12-13H,3,6-7H2. The van der Waals surface area contributed by atoms with Gasteiger partial charge in [-0.2, -0.15) is 0 Å². The van der Waals surface area contributed by atoms with Gasteiger partial charge in [-0.25, -0.2) is 0 Å². The summed E-state index contributed by atoms with van der Waals surface area (Å²) in [6.07, 6.45) is 0.885. The van der Waals surface area contributed by atoms with Crippen molar-refractivity contribution >= 4 is 28.5 Å². The second kappa shape index (κ2) is 6.06. The molecule has 1 aromatic carbocycles. The Morgan fingerprint density at radius 1 is 1.29 bits per heavy atom. The predicted molar refractivity (Wildman–Crippen MR) is 60.2 cm³/mol. The maximum Gasteiger partial charge on any atom is 0.492 e. The molecular weight excluding hydrogens is 247 g/mol. The smallest absolute Gasteiger partial charge is 0.492 e. The Bertz CT molecular complexity index is 281. The van der Waals surface area contributed by atoms with E-state index in [-0.39, 0.29) is 0 Å². The molecule has 3 nitrogen and oxygen atoms in total. The van der Waals surface area contributed by atoms with E-state index in [0.29, 0.717) is 17.8 Å². The first-order valence-electron chi connectivity index (χ1n) is 4.39. The van der Waals surface area contributed by atoms with Gasteiger partial charge in [-0.1, -0.05) is 34.1 Å². The summed E-state index contributed by atoms with van der Waals surface area (Å²) in [5, 5.41) is 18.9. The van der Waals surface area contributed by atoms with Gasteiger partial charge in [-0.15, -0.1) is 0 Å². The number of hydrogen-bond acceptors (Lipinski definition) is 3. The SMILES string of the molecule is OB(O)c1ccccc1OCCCBr. The van der Waals surface area contributed by atoms with Crippen molar-refractivity contribution < 1.29 is 14.8 Å². The van der Waals surface area contributed by atoms with Crippen LogP contribution in [0, 0.1) is 0 Å². The molecule has 0 aliphatic rings. The maximum atomic E-state index is 9.03. The van der Waals surface area contributed by atoms with Crippen molar-refractivity contribution in [2.45, 2.75) is 6.42 Å². The topological polar surface area (TPSA) is 49.7 Å². The molecule has 76 valence electrons. The zero-order valence-electron chi connectivity index (χ0n) is 7.69. The van der Waals surface area contributed by atoms with Crippen LogP contribution < -0.4 is 10.2 Å². The summed E-state index contributed by atoms with van der Waals surface area (Å²) < 4.78 is 5.39. The average molecular weight is 259 g/mol. The zero-order valence-corrected chi connectivity index (χ0v) is 9.27. The van der Waals surface area contributed by atoms with E-state index in [4.69, 9.17) is 14.8 Å². The molecule has 0 radical (unpaired) electrons. The largest absolute Gasteiger partial charge is 0.494 e. The highest BCUT2D eigenvalue weighted by molar-refractivity contribution is 9.09. The van der Waals surface area contributed by atoms with E-state index in [9.17, 15) is 0 Å². The third kappa shape index (κ3) is 3.33. The molecule has 0 atom stereocenters. The van der Waals surface area contributed by atoms with Crippen LogP contribution >= 0.6 is 15.9 Å². The molecule has 0 saturated heterocycles. The first kappa shape index (κ1) is 11.6. The second-order valence-corrected chi connectivity index (χ2v) is 3.60. The van der Waals surface area contributed by atoms with E-state index in [1.165, 1.54) is 0 Å². The van der Waals surface area contributed by atoms with Crippen LogP contribution in [0.1, 0.15) is 6.42 Å². The van der Waals surface area contributed by atoms with Crippen LogP contribution in [0.2, 0.25) is 0 Å². The molecule has 0 heterocycles. The first-order chi connectivity index (χ1) is 6.75. The summed E-state index contributed by atoms with van der Waals surface area (Å²) in [6.45, 7) is 0.564. The van der Waals surface area contributed by atoms with Gasteiger partial charge in [0.2, 0.25) is 0 Å². The molecule has 0 fully saturated rings. The Morgan fingerprint density at radius 2 is 2.00 bits per heavy atom. The lowest BCUT2D eigenvalue weighted by atomic mass is 9.79. The minimum Gasteiger partial charge on any atom is -0.494 e. The van der Waals surface area contributed by atoms with Crippen LogP contribution in [0.15, 0.2) is 24.3 Å². The van der Waals surface area contributed by atoms with E-state index in [1.54, 1.807) is 24.3 Å². The summed E-state index contributed by atoms with van der Waals surface area (Å²) in [5.74, 6) is 0.531. The van der Waals surface area contributed by atoms with E-state index in [2.05, 4.69) is 15.9 Å². The van der Waals surface area contributed by atoms with Crippen LogP contribution in [-0.2, 0) is 0 Å². The molecule has 1 aromatic rings. The predicted octanol–water partition coefficient (Wildman–Crippen LogP) is 0.530. The number of rotatable bonds is 5. The van der Waals surface area contributed by atoms with Crippen molar-refractivity contribution in [3.8, 4) is 5.75 Å². The lowest BCUT2D eigenvalue weighted by Gasteiger charge is -2.09. The van der Waals surface area contributed by atoms with Gasteiger partial charge in [-0.3, -0.25) is 0 Å². The van der Waals surface area contributed by atoms with Crippen molar-refractivity contribution in [3.05, 3.63) is 24.3 Å². The number of benzene rings is 1. The summed E-state index contributed by atoms with van der Waals surface area (Å²) in [5.41, 5.74) is 0.405. The maximum absolute atomic E-state index is 9.03. The van der Waals surface area contributed by atoms with E-state index >= 15 is 0 Å². The van der Waals surface area contributed by atoms with Gasteiger partial charge in [0.25, 0.3) is 0 Å². The van der Waals surface area contributed by atoms with Crippen LogP contribution in [0.25, 0.3) is 0 Å². The molecule has 0 saturated carbocycles. The first-order valence-corrected chi connectivity index (χ1v) is 5.51. The highest BCUT2D eigenvalue weighted by atomic mass is 79.9. The van der Waals surface area contributed by atoms with Crippen LogP contribution in [-0.4, -0.2) is 29.1 Å². The third-order valence-electron chi connectivity index (χ3n) is 1.73. The summed E-state index contributed by atoms with van der Waals surface area (Å²) in [7, 11) is -1.48. The number of halogens is 1. The molecule has 0 aliphatic carbocycles. The quantitative estimate of drug-likeness (QED) is 0.460. The molecule has 0 amide bonds. The minimum atomic E-state index is -1.48. The number of alkyl halides is 1. The Labute approximate surface area is 92.0 Å². The third-order valence-corrected chi connectivity index (χ3v) is 2.29. The van der Waals surface area contributed by atoms with Gasteiger partial charge in [0, 0.05) is 10.8 Å². The van der Waals surface area contributed by atoms with Crippen LogP contribution in [0.4, 0.5) is 0 Å². The highest BCUT2D eigenvalue weighted by Gasteiger charge is 2.15. The van der Waals surface area contributed by atoms with Gasteiger partial charge in [0.15, 0.2) is 0 Å². The molecule has 1 rings (SSSR count). The van der Waals surface area contributed by atoms with Gasteiger partial charge in [0.1, 0.15) is 5.75 Å². The van der Waals surface area contributed by atoms with Crippen LogP contribution in [0.5, 0.6) is 5.75 Å². The number of para-hydroxylation sites is 1. The zero-order chi connectivity index (χ0) is 10.4. The molecule has 2 N–H and O–H groups in total. The lowest BCUT2D eigenvalue weighted by Crippen LogP contribution is -2.31. The van der Waals surface area contributed by atoms with E-state index < -0.39 is 7.12 Å². The van der Waals surface area contributed by atoms with Crippen molar-refractivity contribution in [1.82, 2.24) is 0 Å². The fourth-order valence-corrected chi connectivity index (χ4v) is 1.29. The van der Waals surface area contributed by atoms with Crippen LogP contribution in [0.3, 0.4) is 0 Å². The molecule has 0 aromatic heterocycles. The monoisotopic (exact) mass is 258 g/mol. The van der Waals surface area contributed by atoms with Crippen molar-refractivity contribution in [2.24, 2.45) is 0 Å². The lowest BCUT2D eigenvalue weighted by molar-refractivity contribution is 0.319. The van der Waals surface area contributed by atoms with Gasteiger partial charge in [0.05, 0.1) is 6.61 Å². The molecule has 14 heavy (non-hydrogen) atoms. The fraction of sp³-hybridized carbons (Fsp3) is 0.333. The van der Waals surface area contributed by atoms with Gasteiger partial charge in [-0.05, 0) is 12.5 Å². The summed E-state index contributed by atoms with van der Waals surface area (Å²) >= 11 is 3.29. The molecule has 0 unspecified atom stereocenters. The van der Waals surface area contributed by atoms with Crippen molar-refractivity contribution in [1.29, 1.82) is 0 Å².